The average molecular weight is 418 g/mol. The summed E-state index contributed by atoms with van der Waals surface area (Å²) in [6.07, 6.45) is 0.438. The van der Waals surface area contributed by atoms with E-state index in [1.54, 1.807) is 12.1 Å². The number of ether oxygens (including phenoxy) is 5. The van der Waals surface area contributed by atoms with E-state index >= 15 is 0 Å². The lowest BCUT2D eigenvalue weighted by Crippen LogP contribution is -2.21. The Labute approximate surface area is 177 Å². The molecule has 0 saturated carbocycles. The summed E-state index contributed by atoms with van der Waals surface area (Å²) < 4.78 is 28.5. The molecule has 7 heteroatoms. The number of benzene rings is 2. The van der Waals surface area contributed by atoms with E-state index < -0.39 is 12.2 Å². The Kier molecular flexibility index (Phi) is 9.08. The number of para-hydroxylation sites is 4. The lowest BCUT2D eigenvalue weighted by Gasteiger charge is -2.18. The van der Waals surface area contributed by atoms with Gasteiger partial charge in [0.1, 0.15) is 26.4 Å². The van der Waals surface area contributed by atoms with Gasteiger partial charge in [0.15, 0.2) is 23.0 Å². The molecule has 7 nitrogen and oxygen atoms in total. The minimum atomic E-state index is -0.630. The van der Waals surface area contributed by atoms with Gasteiger partial charge in [0.25, 0.3) is 0 Å². The predicted molar refractivity (Wildman–Crippen MR) is 112 cm³/mol. The van der Waals surface area contributed by atoms with Crippen LogP contribution in [0.15, 0.2) is 48.5 Å². The summed E-state index contributed by atoms with van der Waals surface area (Å²) >= 11 is 0. The Hall–Kier alpha value is -2.48. The molecule has 0 saturated heterocycles. The van der Waals surface area contributed by atoms with E-state index in [0.29, 0.717) is 68.7 Å². The van der Waals surface area contributed by atoms with E-state index in [1.807, 2.05) is 36.4 Å². The Bertz CT molecular complexity index is 690. The highest BCUT2D eigenvalue weighted by atomic mass is 16.6. The Morgan fingerprint density at radius 1 is 0.567 bits per heavy atom. The number of fused-ring (bicyclic) bond motifs is 2. The topological polar surface area (TPSA) is 86.6 Å². The average Bonchev–Trinajstić information content (AvgIpc) is 2.76. The van der Waals surface area contributed by atoms with Gasteiger partial charge in [0.2, 0.25) is 0 Å². The monoisotopic (exact) mass is 418 g/mol. The summed E-state index contributed by atoms with van der Waals surface area (Å²) in [7, 11) is 0. The third-order valence-corrected chi connectivity index (χ3v) is 4.61. The van der Waals surface area contributed by atoms with Crippen molar-refractivity contribution in [3.8, 4) is 23.0 Å². The minimum absolute atomic E-state index is 0.161. The molecule has 0 radical (unpaired) electrons. The zero-order chi connectivity index (χ0) is 21.0. The molecule has 2 unspecified atom stereocenters. The molecule has 0 bridgehead atoms. The third-order valence-electron chi connectivity index (χ3n) is 4.61. The molecule has 1 aliphatic heterocycles. The summed E-state index contributed by atoms with van der Waals surface area (Å²) in [5.41, 5.74) is 0. The first kappa shape index (κ1) is 22.2. The van der Waals surface area contributed by atoms with E-state index in [9.17, 15) is 10.2 Å². The Morgan fingerprint density at radius 3 is 1.40 bits per heavy atom. The molecule has 0 fully saturated rings. The van der Waals surface area contributed by atoms with Gasteiger partial charge in [0, 0.05) is 0 Å². The molecule has 2 aromatic rings. The highest BCUT2D eigenvalue weighted by Gasteiger charge is 2.13. The van der Waals surface area contributed by atoms with Crippen LogP contribution in [0.1, 0.15) is 19.3 Å². The van der Waals surface area contributed by atoms with Gasteiger partial charge in [0.05, 0.1) is 25.4 Å². The SMILES string of the molecule is OC1CCCC(O)COc2ccccc2OCCOCCOc2ccccc2OC1. The maximum absolute atomic E-state index is 10.2. The van der Waals surface area contributed by atoms with Crippen LogP contribution in [0.3, 0.4) is 0 Å². The molecule has 1 aliphatic rings. The molecule has 0 aliphatic carbocycles. The molecule has 0 spiro atoms. The van der Waals surface area contributed by atoms with Crippen molar-refractivity contribution in [2.45, 2.75) is 31.5 Å². The summed E-state index contributed by atoms with van der Waals surface area (Å²) in [5.74, 6) is 2.39. The van der Waals surface area contributed by atoms with Gasteiger partial charge in [-0.15, -0.1) is 0 Å². The summed E-state index contributed by atoms with van der Waals surface area (Å²) in [6, 6.07) is 14.7. The van der Waals surface area contributed by atoms with E-state index in [2.05, 4.69) is 0 Å². The lowest BCUT2D eigenvalue weighted by molar-refractivity contribution is 0.0644. The molecule has 3 rings (SSSR count). The summed E-state index contributed by atoms with van der Waals surface area (Å²) in [5, 5.41) is 20.4. The second-order valence-corrected chi connectivity index (χ2v) is 7.06. The predicted octanol–water partition coefficient (Wildman–Crippen LogP) is 2.82. The molecule has 0 amide bonds. The van der Waals surface area contributed by atoms with E-state index in [-0.39, 0.29) is 13.2 Å². The Morgan fingerprint density at radius 2 is 0.967 bits per heavy atom. The van der Waals surface area contributed by atoms with Crippen LogP contribution in [0, 0.1) is 0 Å². The van der Waals surface area contributed by atoms with Crippen molar-refractivity contribution in [3.05, 3.63) is 48.5 Å². The fourth-order valence-corrected chi connectivity index (χ4v) is 3.03. The van der Waals surface area contributed by atoms with Gasteiger partial charge >= 0.3 is 0 Å². The van der Waals surface area contributed by atoms with Crippen LogP contribution >= 0.6 is 0 Å². The smallest absolute Gasteiger partial charge is 0.161 e. The third kappa shape index (κ3) is 7.40. The number of hydrogen-bond acceptors (Lipinski definition) is 7. The highest BCUT2D eigenvalue weighted by Crippen LogP contribution is 2.28. The molecule has 30 heavy (non-hydrogen) atoms. The lowest BCUT2D eigenvalue weighted by atomic mass is 10.1. The van der Waals surface area contributed by atoms with Gasteiger partial charge in [-0.25, -0.2) is 0 Å². The van der Waals surface area contributed by atoms with Gasteiger partial charge in [-0.05, 0) is 43.5 Å². The molecule has 0 aromatic heterocycles. The van der Waals surface area contributed by atoms with Crippen LogP contribution in [-0.2, 0) is 4.74 Å². The highest BCUT2D eigenvalue weighted by molar-refractivity contribution is 5.40. The van der Waals surface area contributed by atoms with Crippen LogP contribution in [0.4, 0.5) is 0 Å². The van der Waals surface area contributed by atoms with Gasteiger partial charge in [-0.2, -0.15) is 0 Å². The number of hydrogen-bond donors (Lipinski definition) is 2. The van der Waals surface area contributed by atoms with Crippen LogP contribution < -0.4 is 18.9 Å². The Balaban J connectivity index is 1.60. The quantitative estimate of drug-likeness (QED) is 0.680. The fourth-order valence-electron chi connectivity index (χ4n) is 3.03. The zero-order valence-corrected chi connectivity index (χ0v) is 17.1. The second kappa shape index (κ2) is 12.3. The first-order valence-electron chi connectivity index (χ1n) is 10.4. The van der Waals surface area contributed by atoms with E-state index in [0.717, 1.165) is 0 Å². The van der Waals surface area contributed by atoms with Crippen molar-refractivity contribution in [3.63, 3.8) is 0 Å². The molecular weight excluding hydrogens is 388 g/mol. The number of aliphatic hydroxyl groups excluding tert-OH is 2. The zero-order valence-electron chi connectivity index (χ0n) is 17.1. The van der Waals surface area contributed by atoms with Crippen LogP contribution in [0.25, 0.3) is 0 Å². The molecule has 1 heterocycles. The molecule has 2 N–H and O–H groups in total. The van der Waals surface area contributed by atoms with Crippen molar-refractivity contribution in [2.75, 3.05) is 39.6 Å². The first-order chi connectivity index (χ1) is 14.7. The normalized spacial score (nSPS) is 22.1. The van der Waals surface area contributed by atoms with E-state index in [4.69, 9.17) is 23.7 Å². The maximum Gasteiger partial charge on any atom is 0.161 e. The van der Waals surface area contributed by atoms with Gasteiger partial charge < -0.3 is 33.9 Å². The standard InChI is InChI=1S/C23H30O7/c24-18-6-5-7-19(25)17-30-23-11-4-2-9-21(23)28-15-13-26-12-14-27-20-8-1-3-10-22(20)29-16-18/h1-4,8-11,18-19,24-25H,5-7,12-17H2. The summed E-state index contributed by atoms with van der Waals surface area (Å²) in [6.45, 7) is 1.89. The van der Waals surface area contributed by atoms with Crippen molar-refractivity contribution in [1.82, 2.24) is 0 Å². The van der Waals surface area contributed by atoms with Crippen molar-refractivity contribution in [2.24, 2.45) is 0 Å². The molecule has 2 aromatic carbocycles. The maximum atomic E-state index is 10.2. The fraction of sp³-hybridized carbons (Fsp3) is 0.478. The van der Waals surface area contributed by atoms with Crippen molar-refractivity contribution in [1.29, 1.82) is 0 Å². The molecule has 2 atom stereocenters. The van der Waals surface area contributed by atoms with Gasteiger partial charge in [-0.3, -0.25) is 0 Å². The number of rotatable bonds is 0. The molecular formula is C23H30O7. The largest absolute Gasteiger partial charge is 0.487 e. The van der Waals surface area contributed by atoms with Crippen LogP contribution in [-0.4, -0.2) is 62.1 Å². The summed E-state index contributed by atoms with van der Waals surface area (Å²) in [4.78, 5) is 0. The van der Waals surface area contributed by atoms with Crippen LogP contribution in [0.5, 0.6) is 23.0 Å². The molecule has 164 valence electrons. The van der Waals surface area contributed by atoms with Crippen molar-refractivity contribution >= 4 is 0 Å². The first-order valence-corrected chi connectivity index (χ1v) is 10.4. The number of aliphatic hydroxyl groups is 2. The van der Waals surface area contributed by atoms with Gasteiger partial charge in [-0.1, -0.05) is 24.3 Å². The second-order valence-electron chi connectivity index (χ2n) is 7.06. The van der Waals surface area contributed by atoms with Crippen molar-refractivity contribution < 1.29 is 33.9 Å². The van der Waals surface area contributed by atoms with E-state index in [1.165, 1.54) is 0 Å². The minimum Gasteiger partial charge on any atom is -0.487 e. The van der Waals surface area contributed by atoms with Crippen LogP contribution in [0.2, 0.25) is 0 Å².